The second-order valence-electron chi connectivity index (χ2n) is 2.70. The zero-order chi connectivity index (χ0) is 19.1. The monoisotopic (exact) mass is 558 g/mol. The molecule has 0 aromatic carbocycles. The predicted molar refractivity (Wildman–Crippen MR) is 115 cm³/mol. The van der Waals surface area contributed by atoms with Crippen LogP contribution < -0.4 is 0 Å². The fourth-order valence-corrected chi connectivity index (χ4v) is 0.500. The lowest BCUT2D eigenvalue weighted by molar-refractivity contribution is 0.702. The van der Waals surface area contributed by atoms with Crippen molar-refractivity contribution in [2.45, 2.75) is 56.7 Å². The van der Waals surface area contributed by atoms with E-state index in [0.29, 0.717) is 0 Å². The molecule has 0 aliphatic heterocycles. The minimum absolute atomic E-state index is 0.750. The van der Waals surface area contributed by atoms with Crippen LogP contribution in [0.3, 0.4) is 0 Å². The summed E-state index contributed by atoms with van der Waals surface area (Å²) in [5.41, 5.74) is 0. The van der Waals surface area contributed by atoms with Gasteiger partial charge in [-0.25, -0.2) is 0 Å². The molecule has 22 heavy (non-hydrogen) atoms. The van der Waals surface area contributed by atoms with E-state index in [-0.39, 0.29) is 0 Å². The van der Waals surface area contributed by atoms with Crippen LogP contribution in [0.2, 0.25) is 0 Å². The van der Waals surface area contributed by atoms with Gasteiger partial charge in [0.25, 0.3) is 0 Å². The van der Waals surface area contributed by atoms with Crippen molar-refractivity contribution in [2.75, 3.05) is 0 Å². The topological polar surface area (TPSA) is 0 Å². The van der Waals surface area contributed by atoms with Crippen molar-refractivity contribution < 1.29 is 0 Å². The Bertz CT molecular complexity index is 103. The van der Waals surface area contributed by atoms with Gasteiger partial charge in [-0.1, -0.05) is 179 Å². The normalized spacial score (nSPS) is 9.00. The summed E-state index contributed by atoms with van der Waals surface area (Å²) in [5.74, 6) is 0. The van der Waals surface area contributed by atoms with E-state index >= 15 is 0 Å². The summed E-state index contributed by atoms with van der Waals surface area (Å²) in [6, 6.07) is 0. The van der Waals surface area contributed by atoms with E-state index in [1.807, 2.05) is 0 Å². The maximum atomic E-state index is 4.81. The van der Waals surface area contributed by atoms with Gasteiger partial charge >= 0.3 is 0 Å². The summed E-state index contributed by atoms with van der Waals surface area (Å²) in [7, 11) is 0. The minimum atomic E-state index is -0.750. The van der Waals surface area contributed by atoms with E-state index in [1.165, 1.54) is 25.7 Å². The highest BCUT2D eigenvalue weighted by molar-refractivity contribution is 6.64. The molecule has 0 aliphatic rings. The third-order valence-electron chi connectivity index (χ3n) is 0.957. The first-order valence-corrected chi connectivity index (χ1v) is 10.8. The van der Waals surface area contributed by atoms with Gasteiger partial charge < -0.3 is 0 Å². The number of hydrogen-bond donors (Lipinski definition) is 0. The highest BCUT2D eigenvalue weighted by atomic mass is 35.6. The van der Waals surface area contributed by atoms with Crippen molar-refractivity contribution >= 4 is 139 Å². The van der Waals surface area contributed by atoms with Gasteiger partial charge in [-0.2, -0.15) is 0 Å². The molecule has 0 fully saturated rings. The molecule has 0 radical (unpaired) electrons. The SMILES string of the molecule is CCCCCC.ClC(Cl)Cl.ClC(Cl)Cl.ClC(Cl)Cl.ClC(Cl)Cl. The van der Waals surface area contributed by atoms with E-state index in [2.05, 4.69) is 13.8 Å². The molecule has 0 saturated heterocycles. The summed E-state index contributed by atoms with van der Waals surface area (Å²) >= 11 is 57.7. The fraction of sp³-hybridized carbons (Fsp3) is 1.00. The Kier molecular flexibility index (Phi) is 58.9. The zero-order valence-electron chi connectivity index (χ0n) is 11.7. The van der Waals surface area contributed by atoms with Crippen molar-refractivity contribution in [1.82, 2.24) is 0 Å². The van der Waals surface area contributed by atoms with Crippen LogP contribution in [0.4, 0.5) is 0 Å². The van der Waals surface area contributed by atoms with E-state index < -0.39 is 17.2 Å². The van der Waals surface area contributed by atoms with Crippen LogP contribution in [0.5, 0.6) is 0 Å². The molecule has 12 heteroatoms. The van der Waals surface area contributed by atoms with Crippen LogP contribution in [0.15, 0.2) is 0 Å². The molecule has 0 unspecified atom stereocenters. The van der Waals surface area contributed by atoms with Crippen LogP contribution in [-0.2, 0) is 0 Å². The Morgan fingerprint density at radius 3 is 0.545 bits per heavy atom. The summed E-state index contributed by atoms with van der Waals surface area (Å²) < 4.78 is -3.00. The first kappa shape index (κ1) is 36.4. The average molecular weight is 564 g/mol. The molecule has 0 saturated carbocycles. The van der Waals surface area contributed by atoms with E-state index in [9.17, 15) is 0 Å². The van der Waals surface area contributed by atoms with Crippen molar-refractivity contribution in [2.24, 2.45) is 0 Å². The van der Waals surface area contributed by atoms with Gasteiger partial charge in [-0.3, -0.25) is 0 Å². The maximum absolute atomic E-state index is 4.81. The van der Waals surface area contributed by atoms with Gasteiger partial charge in [0.05, 0.1) is 0 Å². The Balaban J connectivity index is -0.0000000555. The molecule has 0 aromatic rings. The van der Waals surface area contributed by atoms with Crippen molar-refractivity contribution in [3.8, 4) is 0 Å². The molecular weight excluding hydrogens is 546 g/mol. The molecule has 0 amide bonds. The molecule has 0 bridgehead atoms. The van der Waals surface area contributed by atoms with Gasteiger partial charge in [0.15, 0.2) is 17.2 Å². The number of rotatable bonds is 3. The van der Waals surface area contributed by atoms with Crippen molar-refractivity contribution in [3.05, 3.63) is 0 Å². The maximum Gasteiger partial charge on any atom is 0.180 e. The van der Waals surface area contributed by atoms with Crippen LogP contribution in [0.25, 0.3) is 0 Å². The molecule has 0 spiro atoms. The van der Waals surface area contributed by atoms with E-state index in [1.54, 1.807) is 0 Å². The Labute approximate surface area is 194 Å². The number of hydrogen-bond acceptors (Lipinski definition) is 0. The van der Waals surface area contributed by atoms with Crippen LogP contribution >= 0.6 is 139 Å². The molecule has 0 aromatic heterocycles. The molecule has 0 aliphatic carbocycles. The van der Waals surface area contributed by atoms with Gasteiger partial charge in [-0.15, -0.1) is 0 Å². The van der Waals surface area contributed by atoms with Gasteiger partial charge in [-0.05, 0) is 0 Å². The van der Waals surface area contributed by atoms with Crippen LogP contribution in [0, 0.1) is 0 Å². The lowest BCUT2D eigenvalue weighted by Gasteiger charge is -1.86. The molecule has 0 rings (SSSR count). The number of alkyl halides is 12. The number of unbranched alkanes of at least 4 members (excludes halogenated alkanes) is 3. The quantitative estimate of drug-likeness (QED) is 0.237. The molecule has 0 atom stereocenters. The summed E-state index contributed by atoms with van der Waals surface area (Å²) in [6.07, 6.45) is 5.54. The highest BCUT2D eigenvalue weighted by Crippen LogP contribution is 2.05. The van der Waals surface area contributed by atoms with Gasteiger partial charge in [0.1, 0.15) is 0 Å². The smallest absolute Gasteiger partial charge is 0.0874 e. The molecule has 142 valence electrons. The Morgan fingerprint density at radius 1 is 0.409 bits per heavy atom. The standard InChI is InChI=1S/C6H14.4CHCl3/c1-3-5-6-4-2;4*2-1(3)4/h3-6H2,1-2H3;4*1H. The first-order valence-electron chi connectivity index (χ1n) is 5.53. The van der Waals surface area contributed by atoms with Crippen LogP contribution in [-0.4, -0.2) is 17.2 Å². The summed E-state index contributed by atoms with van der Waals surface area (Å²) in [6.45, 7) is 4.46. The van der Waals surface area contributed by atoms with E-state index in [0.717, 1.165) is 0 Å². The minimum Gasteiger partial charge on any atom is -0.0874 e. The number of halogens is 12. The summed E-state index contributed by atoms with van der Waals surface area (Å²) in [5, 5.41) is 0. The Hall–Kier alpha value is 3.48. The predicted octanol–water partition coefficient (Wildman–Crippen LogP) is 10.5. The third kappa shape index (κ3) is 283. The molecule has 0 nitrogen and oxygen atoms in total. The van der Waals surface area contributed by atoms with Crippen molar-refractivity contribution in [1.29, 1.82) is 0 Å². The molecule has 0 heterocycles. The largest absolute Gasteiger partial charge is 0.180 e. The van der Waals surface area contributed by atoms with Crippen LogP contribution in [0.1, 0.15) is 39.5 Å². The average Bonchev–Trinajstić information content (AvgIpc) is 2.23. The zero-order valence-corrected chi connectivity index (χ0v) is 20.7. The van der Waals surface area contributed by atoms with E-state index in [4.69, 9.17) is 139 Å². The second kappa shape index (κ2) is 35.6. The third-order valence-corrected chi connectivity index (χ3v) is 0.957. The highest BCUT2D eigenvalue weighted by Gasteiger charge is 1.80. The fourth-order valence-electron chi connectivity index (χ4n) is 0.500. The molecular formula is C10H18Cl12. The van der Waals surface area contributed by atoms with Gasteiger partial charge in [0, 0.05) is 0 Å². The van der Waals surface area contributed by atoms with Crippen molar-refractivity contribution in [3.63, 3.8) is 0 Å². The lowest BCUT2D eigenvalue weighted by atomic mass is 10.2. The summed E-state index contributed by atoms with van der Waals surface area (Å²) in [4.78, 5) is 0. The Morgan fingerprint density at radius 2 is 0.500 bits per heavy atom. The van der Waals surface area contributed by atoms with Gasteiger partial charge in [0.2, 0.25) is 0 Å². The lowest BCUT2D eigenvalue weighted by Crippen LogP contribution is -1.66. The second-order valence-corrected chi connectivity index (χ2v) is 10.6. The molecule has 0 N–H and O–H groups in total. The first-order chi connectivity index (χ1) is 9.84.